The molecular formula is C12H23NO3. The molecule has 0 amide bonds. The number of carboxylic acid groups (broad SMARTS) is 1. The number of hydrogen-bond acceptors (Lipinski definition) is 3. The standard InChI is InChI=1S/C12H23NO3/c1-3-10(13)12(8-11(14)15)6-4-5-9(7-12)16-2/h9-10H,3-8,13H2,1-2H3,(H,14,15). The molecule has 94 valence electrons. The van der Waals surface area contributed by atoms with E-state index in [-0.39, 0.29) is 24.0 Å². The lowest BCUT2D eigenvalue weighted by Gasteiger charge is -2.43. The fourth-order valence-corrected chi connectivity index (χ4v) is 2.90. The van der Waals surface area contributed by atoms with E-state index in [0.29, 0.717) is 0 Å². The third kappa shape index (κ3) is 2.95. The van der Waals surface area contributed by atoms with Crippen LogP contribution in [0.4, 0.5) is 0 Å². The first kappa shape index (κ1) is 13.5. The first-order valence-corrected chi connectivity index (χ1v) is 6.04. The fraction of sp³-hybridized carbons (Fsp3) is 0.917. The number of carboxylic acids is 1. The van der Waals surface area contributed by atoms with Gasteiger partial charge in [-0.05, 0) is 31.1 Å². The van der Waals surface area contributed by atoms with Gasteiger partial charge in [-0.1, -0.05) is 13.3 Å². The Hall–Kier alpha value is -0.610. The minimum Gasteiger partial charge on any atom is -0.481 e. The van der Waals surface area contributed by atoms with Gasteiger partial charge >= 0.3 is 5.97 Å². The Morgan fingerprint density at radius 1 is 1.69 bits per heavy atom. The lowest BCUT2D eigenvalue weighted by atomic mass is 9.65. The number of nitrogens with two attached hydrogens (primary N) is 1. The third-order valence-corrected chi connectivity index (χ3v) is 3.90. The summed E-state index contributed by atoms with van der Waals surface area (Å²) < 4.78 is 5.37. The van der Waals surface area contributed by atoms with Gasteiger partial charge in [0, 0.05) is 13.2 Å². The van der Waals surface area contributed by atoms with E-state index >= 15 is 0 Å². The molecule has 1 fully saturated rings. The molecule has 0 radical (unpaired) electrons. The first-order chi connectivity index (χ1) is 7.54. The Kier molecular flexibility index (Phi) is 4.74. The Bertz CT molecular complexity index is 244. The minimum atomic E-state index is -0.749. The van der Waals surface area contributed by atoms with Gasteiger partial charge < -0.3 is 15.6 Å². The molecule has 16 heavy (non-hydrogen) atoms. The molecule has 4 nitrogen and oxygen atoms in total. The van der Waals surface area contributed by atoms with E-state index in [1.165, 1.54) is 0 Å². The van der Waals surface area contributed by atoms with Crippen molar-refractivity contribution in [3.63, 3.8) is 0 Å². The molecule has 0 aliphatic heterocycles. The monoisotopic (exact) mass is 229 g/mol. The second-order valence-electron chi connectivity index (χ2n) is 4.90. The highest BCUT2D eigenvalue weighted by atomic mass is 16.5. The van der Waals surface area contributed by atoms with Crippen molar-refractivity contribution >= 4 is 5.97 Å². The maximum Gasteiger partial charge on any atom is 0.303 e. The van der Waals surface area contributed by atoms with E-state index in [2.05, 4.69) is 0 Å². The highest BCUT2D eigenvalue weighted by Gasteiger charge is 2.42. The molecule has 0 aromatic heterocycles. The second-order valence-corrected chi connectivity index (χ2v) is 4.90. The molecule has 3 N–H and O–H groups in total. The van der Waals surface area contributed by atoms with Crippen LogP contribution in [-0.2, 0) is 9.53 Å². The largest absolute Gasteiger partial charge is 0.481 e. The van der Waals surface area contributed by atoms with Crippen molar-refractivity contribution in [1.29, 1.82) is 0 Å². The molecule has 4 heteroatoms. The van der Waals surface area contributed by atoms with Gasteiger partial charge in [0.05, 0.1) is 12.5 Å². The van der Waals surface area contributed by atoms with Crippen molar-refractivity contribution in [1.82, 2.24) is 0 Å². The van der Waals surface area contributed by atoms with Crippen LogP contribution in [0.15, 0.2) is 0 Å². The van der Waals surface area contributed by atoms with Crippen LogP contribution in [0.25, 0.3) is 0 Å². The Labute approximate surface area is 97.2 Å². The smallest absolute Gasteiger partial charge is 0.303 e. The molecule has 1 aliphatic carbocycles. The zero-order valence-corrected chi connectivity index (χ0v) is 10.2. The Morgan fingerprint density at radius 3 is 2.88 bits per heavy atom. The van der Waals surface area contributed by atoms with Gasteiger partial charge in [-0.15, -0.1) is 0 Å². The lowest BCUT2D eigenvalue weighted by Crippen LogP contribution is -2.47. The fourth-order valence-electron chi connectivity index (χ4n) is 2.90. The molecule has 3 atom stereocenters. The number of methoxy groups -OCH3 is 1. The van der Waals surface area contributed by atoms with Crippen LogP contribution in [-0.4, -0.2) is 30.3 Å². The molecule has 0 saturated heterocycles. The quantitative estimate of drug-likeness (QED) is 0.753. The van der Waals surface area contributed by atoms with E-state index in [1.807, 2.05) is 6.92 Å². The second kappa shape index (κ2) is 5.64. The van der Waals surface area contributed by atoms with Gasteiger partial charge in [-0.25, -0.2) is 0 Å². The number of carbonyl (C=O) groups is 1. The van der Waals surface area contributed by atoms with Crippen molar-refractivity contribution in [3.8, 4) is 0 Å². The molecule has 0 heterocycles. The number of aliphatic carboxylic acids is 1. The summed E-state index contributed by atoms with van der Waals surface area (Å²) in [6.45, 7) is 2.02. The van der Waals surface area contributed by atoms with E-state index in [9.17, 15) is 4.79 Å². The zero-order chi connectivity index (χ0) is 12.2. The minimum absolute atomic E-state index is 0.0402. The van der Waals surface area contributed by atoms with Gasteiger partial charge in [0.25, 0.3) is 0 Å². The molecule has 0 bridgehead atoms. The summed E-state index contributed by atoms with van der Waals surface area (Å²) in [5.41, 5.74) is 5.86. The van der Waals surface area contributed by atoms with E-state index in [0.717, 1.165) is 32.1 Å². The number of hydrogen-bond donors (Lipinski definition) is 2. The SMILES string of the molecule is CCC(N)C1(CC(=O)O)CCCC(OC)C1. The average Bonchev–Trinajstić information content (AvgIpc) is 2.27. The van der Waals surface area contributed by atoms with Crippen molar-refractivity contribution in [3.05, 3.63) is 0 Å². The summed E-state index contributed by atoms with van der Waals surface area (Å²) in [7, 11) is 1.69. The van der Waals surface area contributed by atoms with Crippen molar-refractivity contribution in [2.24, 2.45) is 11.1 Å². The van der Waals surface area contributed by atoms with Crippen molar-refractivity contribution < 1.29 is 14.6 Å². The highest BCUT2D eigenvalue weighted by molar-refractivity contribution is 5.68. The van der Waals surface area contributed by atoms with Crippen molar-refractivity contribution in [2.45, 2.75) is 57.6 Å². The zero-order valence-electron chi connectivity index (χ0n) is 10.2. The Balaban J connectivity index is 2.80. The number of ether oxygens (including phenoxy) is 1. The highest BCUT2D eigenvalue weighted by Crippen LogP contribution is 2.43. The van der Waals surface area contributed by atoms with Crippen LogP contribution < -0.4 is 5.73 Å². The maximum absolute atomic E-state index is 11.0. The van der Waals surface area contributed by atoms with Gasteiger partial charge in [-0.2, -0.15) is 0 Å². The molecular weight excluding hydrogens is 206 g/mol. The summed E-state index contributed by atoms with van der Waals surface area (Å²) in [5, 5.41) is 9.04. The Morgan fingerprint density at radius 2 is 2.38 bits per heavy atom. The predicted molar refractivity (Wildman–Crippen MR) is 62.2 cm³/mol. The summed E-state index contributed by atoms with van der Waals surface area (Å²) >= 11 is 0. The first-order valence-electron chi connectivity index (χ1n) is 6.04. The van der Waals surface area contributed by atoms with Gasteiger partial charge in [0.1, 0.15) is 0 Å². The number of rotatable bonds is 5. The predicted octanol–water partition coefficient (Wildman–Crippen LogP) is 1.77. The van der Waals surface area contributed by atoms with Gasteiger partial charge in [0.2, 0.25) is 0 Å². The topological polar surface area (TPSA) is 72.6 Å². The van der Waals surface area contributed by atoms with E-state index < -0.39 is 5.97 Å². The summed E-state index contributed by atoms with van der Waals surface area (Å²) in [5.74, 6) is -0.749. The molecule has 0 aromatic carbocycles. The van der Waals surface area contributed by atoms with E-state index in [4.69, 9.17) is 15.6 Å². The van der Waals surface area contributed by atoms with Crippen molar-refractivity contribution in [2.75, 3.05) is 7.11 Å². The van der Waals surface area contributed by atoms with Crippen LogP contribution >= 0.6 is 0 Å². The summed E-state index contributed by atoms with van der Waals surface area (Å²) in [6, 6.07) is -0.0402. The average molecular weight is 229 g/mol. The molecule has 0 spiro atoms. The molecule has 1 aliphatic rings. The van der Waals surface area contributed by atoms with Crippen LogP contribution in [0.2, 0.25) is 0 Å². The lowest BCUT2D eigenvalue weighted by molar-refractivity contribution is -0.142. The van der Waals surface area contributed by atoms with Gasteiger partial charge in [-0.3, -0.25) is 4.79 Å². The van der Waals surface area contributed by atoms with Gasteiger partial charge in [0.15, 0.2) is 0 Å². The normalized spacial score (nSPS) is 32.3. The summed E-state index contributed by atoms with van der Waals surface area (Å²) in [4.78, 5) is 11.0. The molecule has 3 unspecified atom stereocenters. The molecule has 1 saturated carbocycles. The van der Waals surface area contributed by atoms with Crippen LogP contribution in [0.5, 0.6) is 0 Å². The van der Waals surface area contributed by atoms with Crippen LogP contribution in [0.3, 0.4) is 0 Å². The van der Waals surface area contributed by atoms with Crippen LogP contribution in [0.1, 0.15) is 45.4 Å². The summed E-state index contributed by atoms with van der Waals surface area (Å²) in [6.07, 6.45) is 4.89. The molecule has 0 aromatic rings. The van der Waals surface area contributed by atoms with E-state index in [1.54, 1.807) is 7.11 Å². The molecule has 1 rings (SSSR count). The van der Waals surface area contributed by atoms with Crippen LogP contribution in [0, 0.1) is 5.41 Å². The maximum atomic E-state index is 11.0. The third-order valence-electron chi connectivity index (χ3n) is 3.90.